The molecule has 0 saturated carbocycles. The van der Waals surface area contributed by atoms with Crippen molar-refractivity contribution in [1.82, 2.24) is 9.38 Å². The minimum absolute atomic E-state index is 0.771. The second kappa shape index (κ2) is 12.6. The molecule has 2 aliphatic heterocycles. The first kappa shape index (κ1) is 35.3. The van der Waals surface area contributed by atoms with E-state index >= 15 is 9.13 Å². The molecule has 2 aliphatic rings. The van der Waals surface area contributed by atoms with Crippen molar-refractivity contribution in [2.24, 2.45) is 0 Å². The van der Waals surface area contributed by atoms with Gasteiger partial charge in [0.2, 0.25) is 0 Å². The molecule has 63 heavy (non-hydrogen) atoms. The van der Waals surface area contributed by atoms with Gasteiger partial charge in [-0.3, -0.25) is 4.40 Å². The Morgan fingerprint density at radius 1 is 0.349 bits per heavy atom. The number of hydrogen-bond acceptors (Lipinski definition) is 3. The summed E-state index contributed by atoms with van der Waals surface area (Å²) in [5.74, 6) is 0. The Bertz CT molecular complexity index is 4030. The summed E-state index contributed by atoms with van der Waals surface area (Å²) in [7, 11) is -6.40. The third-order valence-corrected chi connectivity index (χ3v) is 20.1. The van der Waals surface area contributed by atoms with Gasteiger partial charge in [-0.05, 0) is 103 Å². The van der Waals surface area contributed by atoms with Crippen LogP contribution in [-0.2, 0) is 9.13 Å². The van der Waals surface area contributed by atoms with Gasteiger partial charge in [0, 0.05) is 42.6 Å². The third-order valence-electron chi connectivity index (χ3n) is 13.8. The summed E-state index contributed by atoms with van der Waals surface area (Å²) in [4.78, 5) is 5.43. The minimum Gasteiger partial charge on any atom is -0.309 e. The molecule has 0 atom stereocenters. The maximum atomic E-state index is 15.8. The third kappa shape index (κ3) is 4.64. The lowest BCUT2D eigenvalue weighted by Crippen LogP contribution is -2.20. The summed E-state index contributed by atoms with van der Waals surface area (Å²) in [6, 6.07) is 71.4. The molecule has 294 valence electrons. The van der Waals surface area contributed by atoms with Crippen LogP contribution in [0.1, 0.15) is 0 Å². The quantitative estimate of drug-likeness (QED) is 0.132. The topological polar surface area (TPSA) is 51.4 Å². The molecule has 2 aromatic heterocycles. The highest BCUT2D eigenvalue weighted by Crippen LogP contribution is 2.54. The molecule has 0 unspecified atom stereocenters. The predicted molar refractivity (Wildman–Crippen MR) is 265 cm³/mol. The zero-order valence-corrected chi connectivity index (χ0v) is 35.5. The van der Waals surface area contributed by atoms with Crippen molar-refractivity contribution in [3.05, 3.63) is 206 Å². The summed E-state index contributed by atoms with van der Waals surface area (Å²) < 4.78 is 33.7. The summed E-state index contributed by atoms with van der Waals surface area (Å²) in [6.07, 6.45) is 0. The fourth-order valence-corrected chi connectivity index (χ4v) is 17.0. The monoisotopic (exact) mass is 840 g/mol. The van der Waals surface area contributed by atoms with Gasteiger partial charge in [0.05, 0.1) is 16.6 Å². The van der Waals surface area contributed by atoms with E-state index in [-0.39, 0.29) is 0 Å². The normalized spacial score (nSPS) is 14.4. The number of hydrogen-bond donors (Lipinski definition) is 0. The number of nitrogens with zero attached hydrogens (tertiary/aromatic N) is 2. The van der Waals surface area contributed by atoms with E-state index in [1.165, 1.54) is 21.5 Å². The molecule has 12 aromatic rings. The molecule has 10 aromatic carbocycles. The van der Waals surface area contributed by atoms with Gasteiger partial charge < -0.3 is 9.13 Å². The van der Waals surface area contributed by atoms with E-state index in [2.05, 4.69) is 132 Å². The maximum absolute atomic E-state index is 15.8. The van der Waals surface area contributed by atoms with Crippen LogP contribution in [0.4, 0.5) is 0 Å². The number of imidazole rings is 1. The fourth-order valence-electron chi connectivity index (χ4n) is 10.9. The van der Waals surface area contributed by atoms with E-state index < -0.39 is 14.3 Å². The summed E-state index contributed by atoms with van der Waals surface area (Å²) in [5, 5.41) is 13.0. The molecule has 0 saturated heterocycles. The van der Waals surface area contributed by atoms with Crippen LogP contribution in [0.2, 0.25) is 0 Å². The fraction of sp³-hybridized carbons (Fsp3) is 0. The van der Waals surface area contributed by atoms with Crippen molar-refractivity contribution in [3.63, 3.8) is 0 Å². The van der Waals surface area contributed by atoms with Gasteiger partial charge in [0.1, 0.15) is 5.65 Å². The SMILES string of the molecule is O=P1(c2ccc3c(c2)nc2c4ccc(P5(=O)c6ccccc6-c6ccccc65)cc4c4ccc(-c5ccc6c(ccc7ccccc76)c5)cc4n32)c2ccccc2-c2ccccc21. The van der Waals surface area contributed by atoms with E-state index in [1.807, 2.05) is 78.9 Å². The highest BCUT2D eigenvalue weighted by atomic mass is 31.2. The Hall–Kier alpha value is -7.35. The molecular formula is C57H34N2O2P2. The van der Waals surface area contributed by atoms with Crippen LogP contribution in [0.3, 0.4) is 0 Å². The van der Waals surface area contributed by atoms with Crippen molar-refractivity contribution in [1.29, 1.82) is 0 Å². The first-order chi connectivity index (χ1) is 31.0. The molecule has 0 N–H and O–H groups in total. The lowest BCUT2D eigenvalue weighted by atomic mass is 9.96. The molecule has 0 bridgehead atoms. The molecule has 14 rings (SSSR count). The molecule has 0 radical (unpaired) electrons. The van der Waals surface area contributed by atoms with Gasteiger partial charge in [-0.2, -0.15) is 0 Å². The van der Waals surface area contributed by atoms with Crippen LogP contribution in [0.5, 0.6) is 0 Å². The van der Waals surface area contributed by atoms with Gasteiger partial charge in [0.25, 0.3) is 0 Å². The van der Waals surface area contributed by atoms with Crippen LogP contribution >= 0.6 is 14.3 Å². The van der Waals surface area contributed by atoms with Gasteiger partial charge in [0.15, 0.2) is 14.3 Å². The Kier molecular flexibility index (Phi) is 7.06. The average Bonchev–Trinajstić information content (AvgIpc) is 3.96. The summed E-state index contributed by atoms with van der Waals surface area (Å²) in [6.45, 7) is 0. The zero-order valence-electron chi connectivity index (χ0n) is 33.7. The van der Waals surface area contributed by atoms with Crippen LogP contribution < -0.4 is 31.8 Å². The van der Waals surface area contributed by atoms with E-state index in [9.17, 15) is 0 Å². The van der Waals surface area contributed by atoms with Gasteiger partial charge in [-0.1, -0.05) is 164 Å². The van der Waals surface area contributed by atoms with Crippen molar-refractivity contribution >= 4 is 106 Å². The number of rotatable bonds is 3. The standard InChI is InChI=1S/C57H34N2O2P2/c60-62(53-17-7-3-13-44(53)45-14-4-8-18-54(45)62)39-25-29-48-49(33-39)43-28-24-37(36-23-27-42-38(31-36)22-21-35-11-1-2-12-41(35)42)32-52(43)59-51-30-26-40(34-50(51)58-57(48)59)63(61)55-19-9-5-15-46(55)47-16-6-10-20-56(47)63/h1-34H. The van der Waals surface area contributed by atoms with Gasteiger partial charge >= 0.3 is 0 Å². The highest BCUT2D eigenvalue weighted by Gasteiger charge is 2.41. The zero-order chi connectivity index (χ0) is 41.6. The van der Waals surface area contributed by atoms with E-state index in [4.69, 9.17) is 4.98 Å². The molecular weight excluding hydrogens is 807 g/mol. The van der Waals surface area contributed by atoms with E-state index in [0.717, 1.165) is 104 Å². The van der Waals surface area contributed by atoms with Gasteiger partial charge in [-0.15, -0.1) is 0 Å². The summed E-state index contributed by atoms with van der Waals surface area (Å²) >= 11 is 0. The van der Waals surface area contributed by atoms with Gasteiger partial charge in [-0.25, -0.2) is 4.98 Å². The second-order valence-electron chi connectivity index (χ2n) is 16.9. The molecule has 4 nitrogen and oxygen atoms in total. The Morgan fingerprint density at radius 2 is 0.841 bits per heavy atom. The largest absolute Gasteiger partial charge is 0.309 e. The van der Waals surface area contributed by atoms with Crippen molar-refractivity contribution in [3.8, 4) is 33.4 Å². The molecule has 0 amide bonds. The van der Waals surface area contributed by atoms with Crippen molar-refractivity contribution in [2.75, 3.05) is 0 Å². The van der Waals surface area contributed by atoms with Crippen LogP contribution in [0.25, 0.3) is 93.3 Å². The number of fused-ring (bicyclic) bond motifs is 17. The van der Waals surface area contributed by atoms with E-state index in [0.29, 0.717) is 0 Å². The smallest absolute Gasteiger partial charge is 0.172 e. The number of aromatic nitrogens is 2. The lowest BCUT2D eigenvalue weighted by Gasteiger charge is -2.18. The molecule has 4 heterocycles. The number of benzene rings is 10. The van der Waals surface area contributed by atoms with Crippen LogP contribution in [0, 0.1) is 0 Å². The number of pyridine rings is 1. The first-order valence-electron chi connectivity index (χ1n) is 21.3. The second-order valence-corrected chi connectivity index (χ2v) is 22.3. The van der Waals surface area contributed by atoms with Crippen molar-refractivity contribution < 1.29 is 9.13 Å². The van der Waals surface area contributed by atoms with Crippen LogP contribution in [0.15, 0.2) is 206 Å². The first-order valence-corrected chi connectivity index (χ1v) is 24.7. The van der Waals surface area contributed by atoms with E-state index in [1.54, 1.807) is 0 Å². The molecule has 0 spiro atoms. The maximum Gasteiger partial charge on any atom is 0.172 e. The molecule has 0 aliphatic carbocycles. The minimum atomic E-state index is -3.21. The Labute approximate surface area is 362 Å². The Balaban J connectivity index is 1.04. The van der Waals surface area contributed by atoms with Crippen LogP contribution in [-0.4, -0.2) is 9.38 Å². The predicted octanol–water partition coefficient (Wildman–Crippen LogP) is 12.0. The molecule has 6 heteroatoms. The Morgan fingerprint density at radius 3 is 1.49 bits per heavy atom. The highest BCUT2D eigenvalue weighted by molar-refractivity contribution is 7.87. The lowest BCUT2D eigenvalue weighted by molar-refractivity contribution is 0.592. The molecule has 0 fully saturated rings. The average molecular weight is 841 g/mol. The summed E-state index contributed by atoms with van der Waals surface area (Å²) in [5.41, 5.74) is 9.84. The van der Waals surface area contributed by atoms with Crippen molar-refractivity contribution in [2.45, 2.75) is 0 Å².